The molecule has 2 aromatic rings. The van der Waals surface area contributed by atoms with Gasteiger partial charge in [0, 0.05) is 29.8 Å². The van der Waals surface area contributed by atoms with E-state index in [1.807, 2.05) is 0 Å². The highest BCUT2D eigenvalue weighted by atomic mass is 19.4. The molecule has 0 aliphatic rings. The lowest BCUT2D eigenvalue weighted by atomic mass is 10.1. The third-order valence-electron chi connectivity index (χ3n) is 4.20. The van der Waals surface area contributed by atoms with Crippen LogP contribution in [0.4, 0.5) is 24.5 Å². The fourth-order valence-corrected chi connectivity index (χ4v) is 2.59. The number of anilines is 2. The quantitative estimate of drug-likeness (QED) is 0.441. The number of carbonyl (C=O) groups is 4. The van der Waals surface area contributed by atoms with Gasteiger partial charge in [0.15, 0.2) is 12.4 Å². The molecular formula is C22H21F3N2O5. The average molecular weight is 450 g/mol. The molecule has 2 amide bonds. The van der Waals surface area contributed by atoms with E-state index in [2.05, 4.69) is 10.6 Å². The van der Waals surface area contributed by atoms with Crippen LogP contribution in [0.25, 0.3) is 0 Å². The molecule has 2 rings (SSSR count). The summed E-state index contributed by atoms with van der Waals surface area (Å²) in [5.74, 6) is -1.93. The maximum atomic E-state index is 12.7. The number of rotatable bonds is 9. The smallest absolute Gasteiger partial charge is 0.416 e. The molecule has 7 nitrogen and oxygen atoms in total. The third-order valence-corrected chi connectivity index (χ3v) is 4.20. The summed E-state index contributed by atoms with van der Waals surface area (Å²) in [6, 6.07) is 10.4. The highest BCUT2D eigenvalue weighted by Crippen LogP contribution is 2.30. The SMILES string of the molecule is CC(=O)c1ccc(NC(=O)COC(=O)CCCC(=O)Nc2cccc(C(F)(F)F)c2)cc1. The maximum Gasteiger partial charge on any atom is 0.416 e. The minimum absolute atomic E-state index is 0.000378. The third kappa shape index (κ3) is 8.21. The Morgan fingerprint density at radius 2 is 1.53 bits per heavy atom. The number of hydrogen-bond acceptors (Lipinski definition) is 5. The first-order chi connectivity index (χ1) is 15.0. The predicted molar refractivity (Wildman–Crippen MR) is 110 cm³/mol. The molecule has 2 N–H and O–H groups in total. The number of ether oxygens (including phenoxy) is 1. The Labute approximate surface area is 181 Å². The number of benzene rings is 2. The first-order valence-corrected chi connectivity index (χ1v) is 9.58. The van der Waals surface area contributed by atoms with Crippen molar-refractivity contribution < 1.29 is 37.1 Å². The summed E-state index contributed by atoms with van der Waals surface area (Å²) in [7, 11) is 0. The molecule has 0 saturated heterocycles. The number of ketones is 1. The largest absolute Gasteiger partial charge is 0.456 e. The number of amides is 2. The van der Waals surface area contributed by atoms with E-state index in [1.54, 1.807) is 24.3 Å². The van der Waals surface area contributed by atoms with Crippen LogP contribution in [0.15, 0.2) is 48.5 Å². The summed E-state index contributed by atoms with van der Waals surface area (Å²) in [5, 5.41) is 4.85. The minimum atomic E-state index is -4.52. The Hall–Kier alpha value is -3.69. The van der Waals surface area contributed by atoms with Crippen molar-refractivity contribution in [3.05, 3.63) is 59.7 Å². The van der Waals surface area contributed by atoms with Crippen LogP contribution in [0, 0.1) is 0 Å². The van der Waals surface area contributed by atoms with Crippen LogP contribution in [0.3, 0.4) is 0 Å². The van der Waals surface area contributed by atoms with Crippen LogP contribution in [0.5, 0.6) is 0 Å². The van der Waals surface area contributed by atoms with Gasteiger partial charge in [-0.15, -0.1) is 0 Å². The Bertz CT molecular complexity index is 988. The Morgan fingerprint density at radius 3 is 2.16 bits per heavy atom. The van der Waals surface area contributed by atoms with Crippen LogP contribution in [0.1, 0.15) is 42.1 Å². The van der Waals surface area contributed by atoms with E-state index in [1.165, 1.54) is 19.1 Å². The summed E-state index contributed by atoms with van der Waals surface area (Å²) in [4.78, 5) is 46.6. The van der Waals surface area contributed by atoms with E-state index in [-0.39, 0.29) is 30.7 Å². The van der Waals surface area contributed by atoms with Crippen LogP contribution < -0.4 is 10.6 Å². The molecule has 0 aromatic heterocycles. The van der Waals surface area contributed by atoms with Gasteiger partial charge in [-0.25, -0.2) is 0 Å². The lowest BCUT2D eigenvalue weighted by Gasteiger charge is -2.10. The Morgan fingerprint density at radius 1 is 0.875 bits per heavy atom. The summed E-state index contributed by atoms with van der Waals surface area (Å²) in [6.07, 6.45) is -4.68. The lowest BCUT2D eigenvalue weighted by molar-refractivity contribution is -0.147. The molecule has 0 aliphatic carbocycles. The van der Waals surface area contributed by atoms with Crippen molar-refractivity contribution in [2.45, 2.75) is 32.4 Å². The summed E-state index contributed by atoms with van der Waals surface area (Å²) in [5.41, 5.74) is 0.0428. The van der Waals surface area contributed by atoms with Gasteiger partial charge < -0.3 is 15.4 Å². The van der Waals surface area contributed by atoms with Gasteiger partial charge in [-0.2, -0.15) is 13.2 Å². The van der Waals surface area contributed by atoms with E-state index in [9.17, 15) is 32.3 Å². The monoisotopic (exact) mass is 450 g/mol. The van der Waals surface area contributed by atoms with Crippen LogP contribution in [-0.2, 0) is 25.3 Å². The van der Waals surface area contributed by atoms with E-state index < -0.39 is 36.1 Å². The van der Waals surface area contributed by atoms with Gasteiger partial charge in [-0.05, 0) is 55.8 Å². The molecule has 0 aliphatic heterocycles. The number of esters is 1. The molecule has 0 bridgehead atoms. The van der Waals surface area contributed by atoms with E-state index in [4.69, 9.17) is 4.74 Å². The average Bonchev–Trinajstić information content (AvgIpc) is 2.72. The zero-order chi connectivity index (χ0) is 23.7. The van der Waals surface area contributed by atoms with Crippen molar-refractivity contribution in [3.8, 4) is 0 Å². The van der Waals surface area contributed by atoms with E-state index in [0.29, 0.717) is 11.3 Å². The van der Waals surface area contributed by atoms with Gasteiger partial charge in [0.25, 0.3) is 5.91 Å². The van der Waals surface area contributed by atoms with Gasteiger partial charge in [0.05, 0.1) is 5.56 Å². The molecule has 32 heavy (non-hydrogen) atoms. The molecule has 0 saturated carbocycles. The highest BCUT2D eigenvalue weighted by molar-refractivity contribution is 5.96. The van der Waals surface area contributed by atoms with Gasteiger partial charge in [-0.1, -0.05) is 6.07 Å². The van der Waals surface area contributed by atoms with Crippen LogP contribution >= 0.6 is 0 Å². The second-order valence-electron chi connectivity index (χ2n) is 6.82. The van der Waals surface area contributed by atoms with Crippen molar-refractivity contribution in [3.63, 3.8) is 0 Å². The fraction of sp³-hybridized carbons (Fsp3) is 0.273. The lowest BCUT2D eigenvalue weighted by Crippen LogP contribution is -2.21. The zero-order valence-electron chi connectivity index (χ0n) is 17.1. The van der Waals surface area contributed by atoms with Gasteiger partial charge in [0.1, 0.15) is 0 Å². The Kier molecular flexibility index (Phi) is 8.51. The van der Waals surface area contributed by atoms with E-state index in [0.717, 1.165) is 12.1 Å². The topological polar surface area (TPSA) is 102 Å². The van der Waals surface area contributed by atoms with E-state index >= 15 is 0 Å². The zero-order valence-corrected chi connectivity index (χ0v) is 17.1. The van der Waals surface area contributed by atoms with Crippen LogP contribution in [0.2, 0.25) is 0 Å². The molecule has 10 heteroatoms. The number of hydrogen-bond donors (Lipinski definition) is 2. The maximum absolute atomic E-state index is 12.7. The molecule has 0 atom stereocenters. The summed E-state index contributed by atoms with van der Waals surface area (Å²) < 4.78 is 42.9. The molecular weight excluding hydrogens is 429 g/mol. The van der Waals surface area contributed by atoms with Gasteiger partial charge in [0.2, 0.25) is 5.91 Å². The molecule has 0 radical (unpaired) electrons. The number of alkyl halides is 3. The second kappa shape index (κ2) is 11.1. The van der Waals surface area contributed by atoms with Crippen molar-refractivity contribution in [2.75, 3.05) is 17.2 Å². The number of Topliss-reactive ketones (excluding diaryl/α,β-unsaturated/α-hetero) is 1. The number of carbonyl (C=O) groups excluding carboxylic acids is 4. The molecule has 0 spiro atoms. The predicted octanol–water partition coefficient (Wildman–Crippen LogP) is 4.20. The summed E-state index contributed by atoms with van der Waals surface area (Å²) >= 11 is 0. The molecule has 2 aromatic carbocycles. The number of halogens is 3. The number of nitrogens with one attached hydrogen (secondary N) is 2. The second-order valence-corrected chi connectivity index (χ2v) is 6.82. The molecule has 0 heterocycles. The van der Waals surface area contributed by atoms with Crippen molar-refractivity contribution in [1.82, 2.24) is 0 Å². The molecule has 0 fully saturated rings. The normalized spacial score (nSPS) is 10.9. The van der Waals surface area contributed by atoms with Gasteiger partial charge >= 0.3 is 12.1 Å². The highest BCUT2D eigenvalue weighted by Gasteiger charge is 2.30. The molecule has 170 valence electrons. The van der Waals surface area contributed by atoms with Crippen molar-refractivity contribution in [1.29, 1.82) is 0 Å². The minimum Gasteiger partial charge on any atom is -0.456 e. The van der Waals surface area contributed by atoms with Crippen LogP contribution in [-0.4, -0.2) is 30.2 Å². The first-order valence-electron chi connectivity index (χ1n) is 9.58. The first kappa shape index (κ1) is 24.6. The summed E-state index contributed by atoms with van der Waals surface area (Å²) in [6.45, 7) is 0.895. The van der Waals surface area contributed by atoms with Crippen molar-refractivity contribution in [2.24, 2.45) is 0 Å². The van der Waals surface area contributed by atoms with Crippen molar-refractivity contribution >= 4 is 34.9 Å². The standard InChI is InChI=1S/C22H21F3N2O5/c1-14(28)15-8-10-17(11-9-15)26-20(30)13-32-21(31)7-3-6-19(29)27-18-5-2-4-16(12-18)22(23,24)25/h2,4-5,8-12H,3,6-7,13H2,1H3,(H,26,30)(H,27,29). The molecule has 0 unspecified atom stereocenters. The Balaban J connectivity index is 1.68. The fourth-order valence-electron chi connectivity index (χ4n) is 2.59. The van der Waals surface area contributed by atoms with Gasteiger partial charge in [-0.3, -0.25) is 19.2 Å².